The number of ether oxygens (including phenoxy) is 3. The van der Waals surface area contributed by atoms with Gasteiger partial charge in [0.1, 0.15) is 11.5 Å². The van der Waals surface area contributed by atoms with Crippen LogP contribution in [0.3, 0.4) is 0 Å². The number of hydrogen-bond donors (Lipinski definition) is 0. The van der Waals surface area contributed by atoms with Crippen LogP contribution in [0, 0.1) is 5.92 Å². The van der Waals surface area contributed by atoms with Crippen LogP contribution in [0.5, 0.6) is 11.5 Å². The van der Waals surface area contributed by atoms with Gasteiger partial charge in [0.15, 0.2) is 6.73 Å². The van der Waals surface area contributed by atoms with E-state index < -0.39 is 6.16 Å². The molecule has 0 spiro atoms. The first-order valence-corrected chi connectivity index (χ1v) is 7.51. The Balaban J connectivity index is 2.03. The molecule has 22 heavy (non-hydrogen) atoms. The van der Waals surface area contributed by atoms with Crippen LogP contribution in [0.25, 0.3) is 0 Å². The van der Waals surface area contributed by atoms with E-state index in [0.717, 1.165) is 0 Å². The van der Waals surface area contributed by atoms with Crippen LogP contribution in [0.2, 0.25) is 0 Å². The average Bonchev–Trinajstić information content (AvgIpc) is 2.48. The van der Waals surface area contributed by atoms with Gasteiger partial charge in [-0.25, -0.2) is 4.79 Å². The molecule has 120 valence electrons. The van der Waals surface area contributed by atoms with Crippen LogP contribution in [0.4, 0.5) is 4.79 Å². The van der Waals surface area contributed by atoms with Gasteiger partial charge in [0.05, 0.1) is 12.2 Å². The number of hydrogen-bond acceptors (Lipinski definition) is 5. The Morgan fingerprint density at radius 3 is 2.91 bits per heavy atom. The lowest BCUT2D eigenvalue weighted by atomic mass is 10.1. The topological polar surface area (TPSA) is 65.1 Å². The van der Waals surface area contributed by atoms with Gasteiger partial charge in [-0.05, 0) is 18.1 Å². The number of carbonyl (C=O) groups is 2. The molecular weight excluding hydrogens is 310 g/mol. The predicted octanol–water partition coefficient (Wildman–Crippen LogP) is 2.89. The Bertz CT molecular complexity index is 561. The molecule has 1 amide bonds. The molecule has 6 nitrogen and oxygen atoms in total. The van der Waals surface area contributed by atoms with E-state index in [4.69, 9.17) is 25.8 Å². The fourth-order valence-corrected chi connectivity index (χ4v) is 2.07. The predicted molar refractivity (Wildman–Crippen MR) is 80.5 cm³/mol. The van der Waals surface area contributed by atoms with Gasteiger partial charge < -0.3 is 19.1 Å². The molecule has 1 aromatic rings. The third-order valence-corrected chi connectivity index (χ3v) is 3.11. The van der Waals surface area contributed by atoms with Gasteiger partial charge in [-0.15, -0.1) is 11.6 Å². The standard InChI is InChI=1S/C15H18ClNO5/c1-10(2)8-20-15(19)22-11-3-4-12-13(7-11)21-9-17(6-5-16)14(12)18/h3-4,7,10H,5-6,8-9H2,1-2H3. The highest BCUT2D eigenvalue weighted by molar-refractivity contribution is 6.18. The van der Waals surface area contributed by atoms with Crippen LogP contribution in [0.15, 0.2) is 18.2 Å². The first-order chi connectivity index (χ1) is 10.5. The molecule has 0 fully saturated rings. The van der Waals surface area contributed by atoms with E-state index in [1.54, 1.807) is 6.07 Å². The zero-order valence-electron chi connectivity index (χ0n) is 12.5. The molecule has 1 aromatic carbocycles. The lowest BCUT2D eigenvalue weighted by Crippen LogP contribution is -2.39. The summed E-state index contributed by atoms with van der Waals surface area (Å²) < 4.78 is 15.5. The van der Waals surface area contributed by atoms with Crippen LogP contribution in [-0.2, 0) is 4.74 Å². The lowest BCUT2D eigenvalue weighted by Gasteiger charge is -2.28. The third kappa shape index (κ3) is 4.04. The maximum Gasteiger partial charge on any atom is 0.513 e. The summed E-state index contributed by atoms with van der Waals surface area (Å²) >= 11 is 5.64. The molecule has 0 radical (unpaired) electrons. The van der Waals surface area contributed by atoms with E-state index in [-0.39, 0.29) is 30.9 Å². The van der Waals surface area contributed by atoms with Crippen LogP contribution in [-0.4, -0.2) is 42.7 Å². The Morgan fingerprint density at radius 2 is 2.23 bits per heavy atom. The molecule has 0 bridgehead atoms. The second kappa shape index (κ2) is 7.35. The third-order valence-electron chi connectivity index (χ3n) is 2.94. The van der Waals surface area contributed by atoms with Crippen molar-refractivity contribution < 1.29 is 23.8 Å². The minimum atomic E-state index is -0.778. The fourth-order valence-electron chi connectivity index (χ4n) is 1.87. The number of fused-ring (bicyclic) bond motifs is 1. The van der Waals surface area contributed by atoms with Crippen LogP contribution >= 0.6 is 11.6 Å². The second-order valence-corrected chi connectivity index (χ2v) is 5.62. The van der Waals surface area contributed by atoms with Gasteiger partial charge in [-0.2, -0.15) is 0 Å². The SMILES string of the molecule is CC(C)COC(=O)Oc1ccc2c(c1)OCN(CCCl)C2=O. The largest absolute Gasteiger partial charge is 0.513 e. The van der Waals surface area contributed by atoms with Crippen molar-refractivity contribution >= 4 is 23.7 Å². The number of alkyl halides is 1. The minimum absolute atomic E-state index is 0.125. The number of nitrogens with zero attached hydrogens (tertiary/aromatic N) is 1. The number of benzene rings is 1. The van der Waals surface area contributed by atoms with Gasteiger partial charge in [-0.3, -0.25) is 4.79 Å². The van der Waals surface area contributed by atoms with Gasteiger partial charge in [0.2, 0.25) is 0 Å². The monoisotopic (exact) mass is 327 g/mol. The van der Waals surface area contributed by atoms with Gasteiger partial charge in [0, 0.05) is 18.5 Å². The fraction of sp³-hybridized carbons (Fsp3) is 0.467. The van der Waals surface area contributed by atoms with Crippen molar-refractivity contribution in [3.63, 3.8) is 0 Å². The summed E-state index contributed by atoms with van der Waals surface area (Å²) in [6.45, 7) is 4.68. The summed E-state index contributed by atoms with van der Waals surface area (Å²) in [5.74, 6) is 1.06. The van der Waals surface area contributed by atoms with Gasteiger partial charge in [0.25, 0.3) is 5.91 Å². The number of amides is 1. The Morgan fingerprint density at radius 1 is 1.45 bits per heavy atom. The molecule has 1 aliphatic heterocycles. The maximum absolute atomic E-state index is 12.2. The summed E-state index contributed by atoms with van der Waals surface area (Å²) in [5, 5.41) is 0. The van der Waals surface area contributed by atoms with Crippen molar-refractivity contribution in [2.45, 2.75) is 13.8 Å². The summed E-state index contributed by atoms with van der Waals surface area (Å²) in [4.78, 5) is 25.2. The number of carbonyl (C=O) groups excluding carboxylic acids is 2. The molecule has 0 aliphatic carbocycles. The van der Waals surface area contributed by atoms with Crippen molar-refractivity contribution in [2.75, 3.05) is 25.8 Å². The zero-order valence-corrected chi connectivity index (χ0v) is 13.3. The normalized spacial score (nSPS) is 13.6. The summed E-state index contributed by atoms with van der Waals surface area (Å²) in [5.41, 5.74) is 0.416. The molecule has 0 N–H and O–H groups in total. The summed E-state index contributed by atoms with van der Waals surface area (Å²) in [7, 11) is 0. The van der Waals surface area contributed by atoms with E-state index in [0.29, 0.717) is 23.7 Å². The zero-order chi connectivity index (χ0) is 16.1. The molecule has 0 saturated heterocycles. The molecule has 2 rings (SSSR count). The van der Waals surface area contributed by atoms with E-state index >= 15 is 0 Å². The molecular formula is C15H18ClNO5. The van der Waals surface area contributed by atoms with Crippen molar-refractivity contribution in [3.05, 3.63) is 23.8 Å². The average molecular weight is 328 g/mol. The molecule has 1 aliphatic rings. The van der Waals surface area contributed by atoms with Crippen molar-refractivity contribution in [3.8, 4) is 11.5 Å². The molecule has 0 saturated carbocycles. The van der Waals surface area contributed by atoms with Gasteiger partial charge >= 0.3 is 6.16 Å². The van der Waals surface area contributed by atoms with E-state index in [1.807, 2.05) is 13.8 Å². The molecule has 7 heteroatoms. The summed E-state index contributed by atoms with van der Waals surface area (Å²) in [6, 6.07) is 4.59. The highest BCUT2D eigenvalue weighted by Crippen LogP contribution is 2.29. The Labute approximate surface area is 133 Å². The first-order valence-electron chi connectivity index (χ1n) is 6.98. The Kier molecular flexibility index (Phi) is 5.49. The highest BCUT2D eigenvalue weighted by Gasteiger charge is 2.25. The van der Waals surface area contributed by atoms with Crippen LogP contribution in [0.1, 0.15) is 24.2 Å². The quantitative estimate of drug-likeness (QED) is 0.472. The highest BCUT2D eigenvalue weighted by atomic mass is 35.5. The van der Waals surface area contributed by atoms with Gasteiger partial charge in [-0.1, -0.05) is 13.8 Å². The molecule has 0 unspecified atom stereocenters. The second-order valence-electron chi connectivity index (χ2n) is 5.25. The van der Waals surface area contributed by atoms with E-state index in [2.05, 4.69) is 0 Å². The van der Waals surface area contributed by atoms with Crippen molar-refractivity contribution in [2.24, 2.45) is 5.92 Å². The lowest BCUT2D eigenvalue weighted by molar-refractivity contribution is 0.0539. The Hall–Kier alpha value is -1.95. The van der Waals surface area contributed by atoms with E-state index in [1.165, 1.54) is 17.0 Å². The van der Waals surface area contributed by atoms with Crippen LogP contribution < -0.4 is 9.47 Å². The molecule has 0 aromatic heterocycles. The number of halogens is 1. The van der Waals surface area contributed by atoms with E-state index in [9.17, 15) is 9.59 Å². The number of rotatable bonds is 5. The molecule has 0 atom stereocenters. The van der Waals surface area contributed by atoms with Crippen molar-refractivity contribution in [1.82, 2.24) is 4.90 Å². The summed E-state index contributed by atoms with van der Waals surface area (Å²) in [6.07, 6.45) is -0.778. The minimum Gasteiger partial charge on any atom is -0.472 e. The smallest absolute Gasteiger partial charge is 0.472 e. The van der Waals surface area contributed by atoms with Crippen molar-refractivity contribution in [1.29, 1.82) is 0 Å². The molecule has 1 heterocycles. The maximum atomic E-state index is 12.2. The first kappa shape index (κ1) is 16.4.